The predicted molar refractivity (Wildman–Crippen MR) is 150 cm³/mol. The van der Waals surface area contributed by atoms with Crippen molar-refractivity contribution in [1.29, 1.82) is 0 Å². The molecule has 0 bridgehead atoms. The fourth-order valence-corrected chi connectivity index (χ4v) is 5.09. The second-order valence-corrected chi connectivity index (χ2v) is 9.84. The number of pyridine rings is 1. The molecule has 0 saturated heterocycles. The molecular weight excluding hydrogens is 480 g/mol. The number of carboxylic acid groups (broad SMARTS) is 1. The van der Waals surface area contributed by atoms with Crippen LogP contribution in [0.2, 0.25) is 0 Å². The molecule has 0 aliphatic heterocycles. The lowest BCUT2D eigenvalue weighted by Gasteiger charge is -2.18. The first kappa shape index (κ1) is 24.6. The normalized spacial score (nSPS) is 11.2. The van der Waals surface area contributed by atoms with E-state index in [0.717, 1.165) is 51.5 Å². The van der Waals surface area contributed by atoms with Gasteiger partial charge in [-0.1, -0.05) is 66.7 Å². The van der Waals surface area contributed by atoms with E-state index in [0.29, 0.717) is 13.1 Å². The van der Waals surface area contributed by atoms with Gasteiger partial charge in [0.05, 0.1) is 30.0 Å². The van der Waals surface area contributed by atoms with Gasteiger partial charge >= 0.3 is 5.97 Å². The summed E-state index contributed by atoms with van der Waals surface area (Å²) < 4.78 is 0. The molecule has 186 valence electrons. The molecule has 7 heteroatoms. The minimum absolute atomic E-state index is 0.0766. The first-order valence-electron chi connectivity index (χ1n) is 12.2. The average Bonchev–Trinajstić information content (AvgIpc) is 3.38. The Bertz CT molecular complexity index is 1470. The molecule has 3 aromatic carbocycles. The van der Waals surface area contributed by atoms with Crippen molar-refractivity contribution >= 4 is 33.9 Å². The van der Waals surface area contributed by atoms with Crippen molar-refractivity contribution in [3.8, 4) is 11.3 Å². The van der Waals surface area contributed by atoms with Crippen molar-refractivity contribution in [2.45, 2.75) is 19.5 Å². The molecule has 0 atom stereocenters. The van der Waals surface area contributed by atoms with Crippen LogP contribution in [0.25, 0.3) is 22.2 Å². The fraction of sp³-hybridized carbons (Fsp3) is 0.167. The third-order valence-corrected chi connectivity index (χ3v) is 6.91. The minimum Gasteiger partial charge on any atom is -0.480 e. The lowest BCUT2D eigenvalue weighted by atomic mass is 10.1. The monoisotopic (exact) mass is 508 g/mol. The molecule has 5 aromatic rings. The van der Waals surface area contributed by atoms with Crippen LogP contribution < -0.4 is 5.32 Å². The number of anilines is 1. The Hall–Kier alpha value is -4.07. The van der Waals surface area contributed by atoms with E-state index < -0.39 is 5.97 Å². The Morgan fingerprint density at radius 3 is 2.46 bits per heavy atom. The second-order valence-electron chi connectivity index (χ2n) is 8.90. The number of rotatable bonds is 11. The van der Waals surface area contributed by atoms with E-state index in [1.807, 2.05) is 52.7 Å². The molecule has 0 unspecified atom stereocenters. The molecular formula is C30H28N4O2S. The topological polar surface area (TPSA) is 78.3 Å². The number of nitrogens with one attached hydrogen (secondary N) is 1. The average molecular weight is 509 g/mol. The van der Waals surface area contributed by atoms with Crippen molar-refractivity contribution in [2.24, 2.45) is 0 Å². The third-order valence-electron chi connectivity index (χ3n) is 6.08. The summed E-state index contributed by atoms with van der Waals surface area (Å²) in [5.41, 5.74) is 6.07. The molecule has 0 amide bonds. The Balaban J connectivity index is 1.21. The first-order chi connectivity index (χ1) is 18.1. The summed E-state index contributed by atoms with van der Waals surface area (Å²) in [5.74, 6) is -0.868. The van der Waals surface area contributed by atoms with Crippen LogP contribution in [-0.4, -0.2) is 39.0 Å². The maximum Gasteiger partial charge on any atom is 0.317 e. The molecule has 2 N–H and O–H groups in total. The van der Waals surface area contributed by atoms with E-state index in [1.54, 1.807) is 11.3 Å². The van der Waals surface area contributed by atoms with Crippen LogP contribution in [-0.2, 0) is 24.3 Å². The van der Waals surface area contributed by atoms with Crippen LogP contribution in [0, 0.1) is 0 Å². The molecule has 0 radical (unpaired) electrons. The van der Waals surface area contributed by atoms with Gasteiger partial charge in [-0.15, -0.1) is 11.3 Å². The van der Waals surface area contributed by atoms with Gasteiger partial charge < -0.3 is 10.4 Å². The van der Waals surface area contributed by atoms with Crippen LogP contribution in [0.3, 0.4) is 0 Å². The Labute approximate surface area is 220 Å². The molecule has 2 aromatic heterocycles. The van der Waals surface area contributed by atoms with Gasteiger partial charge in [0.1, 0.15) is 5.01 Å². The summed E-state index contributed by atoms with van der Waals surface area (Å²) in [6.45, 7) is 1.68. The Kier molecular flexibility index (Phi) is 7.84. The third kappa shape index (κ3) is 6.78. The van der Waals surface area contributed by atoms with E-state index in [4.69, 9.17) is 9.97 Å². The Morgan fingerprint density at radius 2 is 1.65 bits per heavy atom. The smallest absolute Gasteiger partial charge is 0.317 e. The largest absolute Gasteiger partial charge is 0.480 e. The number of para-hydroxylation sites is 1. The number of hydrogen-bond acceptors (Lipinski definition) is 6. The predicted octanol–water partition coefficient (Wildman–Crippen LogP) is 6.10. The summed E-state index contributed by atoms with van der Waals surface area (Å²) in [5, 5.41) is 16.9. The number of carboxylic acids is 1. The van der Waals surface area contributed by atoms with E-state index in [1.165, 1.54) is 5.56 Å². The molecule has 0 saturated carbocycles. The zero-order valence-electron chi connectivity index (χ0n) is 20.4. The zero-order valence-corrected chi connectivity index (χ0v) is 21.2. The van der Waals surface area contributed by atoms with Crippen molar-refractivity contribution < 1.29 is 9.90 Å². The molecule has 37 heavy (non-hydrogen) atoms. The highest BCUT2D eigenvalue weighted by Gasteiger charge is 2.15. The summed E-state index contributed by atoms with van der Waals surface area (Å²) in [4.78, 5) is 22.9. The number of thiazole rings is 1. The van der Waals surface area contributed by atoms with Gasteiger partial charge in [0.2, 0.25) is 0 Å². The van der Waals surface area contributed by atoms with Crippen molar-refractivity contribution in [1.82, 2.24) is 14.9 Å². The van der Waals surface area contributed by atoms with E-state index in [9.17, 15) is 9.90 Å². The number of hydrogen-bond donors (Lipinski definition) is 2. The van der Waals surface area contributed by atoms with Gasteiger partial charge in [-0.2, -0.15) is 0 Å². The molecule has 5 rings (SSSR count). The van der Waals surface area contributed by atoms with Crippen LogP contribution in [0.5, 0.6) is 0 Å². The van der Waals surface area contributed by atoms with Crippen molar-refractivity contribution in [3.05, 3.63) is 113 Å². The molecule has 0 aliphatic rings. The standard InChI is InChI=1S/C30H28N4O2S/c35-30(36)20-34(18-26-15-12-23-8-4-5-9-27(23)32-26)19-29-33-28(21-37-29)24-10-13-25(14-11-24)31-17-16-22-6-2-1-3-7-22/h1-15,21,31H,16-20H2,(H,35,36). The number of fused-ring (bicyclic) bond motifs is 1. The highest BCUT2D eigenvalue weighted by Crippen LogP contribution is 2.25. The van der Waals surface area contributed by atoms with Crippen LogP contribution in [0.15, 0.2) is 96.4 Å². The van der Waals surface area contributed by atoms with Crippen molar-refractivity contribution in [3.63, 3.8) is 0 Å². The summed E-state index contributed by atoms with van der Waals surface area (Å²) in [6.07, 6.45) is 0.972. The first-order valence-corrected chi connectivity index (χ1v) is 13.1. The minimum atomic E-state index is -0.868. The molecule has 0 fully saturated rings. The van der Waals surface area contributed by atoms with Gasteiger partial charge in [0, 0.05) is 35.1 Å². The number of benzene rings is 3. The van der Waals surface area contributed by atoms with E-state index >= 15 is 0 Å². The molecule has 6 nitrogen and oxygen atoms in total. The van der Waals surface area contributed by atoms with Gasteiger partial charge in [-0.05, 0) is 36.2 Å². The number of nitrogens with zero attached hydrogens (tertiary/aromatic N) is 3. The van der Waals surface area contributed by atoms with Gasteiger partial charge in [0.15, 0.2) is 0 Å². The molecule has 2 heterocycles. The van der Waals surface area contributed by atoms with Crippen molar-refractivity contribution in [2.75, 3.05) is 18.4 Å². The van der Waals surface area contributed by atoms with Gasteiger partial charge in [-0.25, -0.2) is 4.98 Å². The fourth-order valence-electron chi connectivity index (χ4n) is 4.25. The maximum absolute atomic E-state index is 11.5. The van der Waals surface area contributed by atoms with Crippen LogP contribution in [0.4, 0.5) is 5.69 Å². The van der Waals surface area contributed by atoms with Gasteiger partial charge in [-0.3, -0.25) is 14.7 Å². The number of aliphatic carboxylic acids is 1. The highest BCUT2D eigenvalue weighted by molar-refractivity contribution is 7.09. The summed E-state index contributed by atoms with van der Waals surface area (Å²) in [6, 6.07) is 30.6. The number of carbonyl (C=O) groups is 1. The van der Waals surface area contributed by atoms with Gasteiger partial charge in [0.25, 0.3) is 0 Å². The highest BCUT2D eigenvalue weighted by atomic mass is 32.1. The lowest BCUT2D eigenvalue weighted by molar-refractivity contribution is -0.138. The summed E-state index contributed by atoms with van der Waals surface area (Å²) >= 11 is 1.55. The Morgan fingerprint density at radius 1 is 0.865 bits per heavy atom. The van der Waals surface area contributed by atoms with Crippen LogP contribution >= 0.6 is 11.3 Å². The molecule has 0 aliphatic carbocycles. The maximum atomic E-state index is 11.5. The lowest BCUT2D eigenvalue weighted by Crippen LogP contribution is -2.29. The SMILES string of the molecule is O=C(O)CN(Cc1ccc2ccccc2n1)Cc1nc(-c2ccc(NCCc3ccccc3)cc2)cs1. The quantitative estimate of drug-likeness (QED) is 0.224. The zero-order chi connectivity index (χ0) is 25.5. The molecule has 0 spiro atoms. The second kappa shape index (κ2) is 11.8. The van der Waals surface area contributed by atoms with E-state index in [2.05, 4.69) is 53.8 Å². The van der Waals surface area contributed by atoms with E-state index in [-0.39, 0.29) is 6.54 Å². The number of aromatic nitrogens is 2. The van der Waals surface area contributed by atoms with Crippen LogP contribution in [0.1, 0.15) is 16.3 Å². The summed E-state index contributed by atoms with van der Waals surface area (Å²) in [7, 11) is 0.